The molecule has 0 fully saturated rings. The van der Waals surface area contributed by atoms with Gasteiger partial charge >= 0.3 is 5.97 Å². The van der Waals surface area contributed by atoms with Crippen molar-refractivity contribution in [2.24, 2.45) is 0 Å². The predicted molar refractivity (Wildman–Crippen MR) is 96.1 cm³/mol. The highest BCUT2D eigenvalue weighted by atomic mass is 16.6. The van der Waals surface area contributed by atoms with Crippen LogP contribution in [0.1, 0.15) is 17.5 Å². The van der Waals surface area contributed by atoms with Crippen LogP contribution in [0, 0.1) is 0 Å². The van der Waals surface area contributed by atoms with Crippen molar-refractivity contribution in [2.75, 3.05) is 13.2 Å². The quantitative estimate of drug-likeness (QED) is 0.665. The molecule has 10 heteroatoms. The van der Waals surface area contributed by atoms with Crippen LogP contribution >= 0.6 is 0 Å². The Hall–Kier alpha value is -3.82. The van der Waals surface area contributed by atoms with Crippen LogP contribution in [0.3, 0.4) is 0 Å². The minimum atomic E-state index is -1.03. The Labute approximate surface area is 165 Å². The molecule has 2 aromatic rings. The van der Waals surface area contributed by atoms with Gasteiger partial charge in [0.05, 0.1) is 6.26 Å². The first-order valence-corrected chi connectivity index (χ1v) is 8.67. The van der Waals surface area contributed by atoms with E-state index in [1.165, 1.54) is 25.3 Å². The van der Waals surface area contributed by atoms with Crippen LogP contribution in [0.25, 0.3) is 0 Å². The zero-order valence-corrected chi connectivity index (χ0v) is 15.4. The fraction of sp³-hybridized carbons (Fsp3) is 0.263. The lowest BCUT2D eigenvalue weighted by atomic mass is 10.2. The Bertz CT molecular complexity index is 909. The minimum absolute atomic E-state index is 0.0317. The molecule has 0 aliphatic carbocycles. The van der Waals surface area contributed by atoms with Gasteiger partial charge in [0.2, 0.25) is 6.10 Å². The van der Waals surface area contributed by atoms with Gasteiger partial charge in [-0.25, -0.2) is 4.79 Å². The van der Waals surface area contributed by atoms with E-state index in [1.54, 1.807) is 24.3 Å². The lowest BCUT2D eigenvalue weighted by molar-refractivity contribution is -0.151. The van der Waals surface area contributed by atoms with E-state index in [2.05, 4.69) is 10.6 Å². The number of hydrogen-bond acceptors (Lipinski definition) is 8. The van der Waals surface area contributed by atoms with E-state index in [0.717, 1.165) is 0 Å². The third kappa shape index (κ3) is 5.12. The van der Waals surface area contributed by atoms with E-state index in [9.17, 15) is 19.2 Å². The van der Waals surface area contributed by atoms with Gasteiger partial charge in [-0.15, -0.1) is 0 Å². The number of imide groups is 1. The zero-order chi connectivity index (χ0) is 20.8. The van der Waals surface area contributed by atoms with Gasteiger partial charge < -0.3 is 23.9 Å². The maximum absolute atomic E-state index is 12.1. The summed E-state index contributed by atoms with van der Waals surface area (Å²) in [5.74, 6) is -2.09. The lowest BCUT2D eigenvalue weighted by Gasteiger charge is -2.25. The van der Waals surface area contributed by atoms with Crippen molar-refractivity contribution in [2.45, 2.75) is 19.1 Å². The molecule has 0 saturated heterocycles. The molecule has 29 heavy (non-hydrogen) atoms. The first-order valence-electron chi connectivity index (χ1n) is 8.67. The van der Waals surface area contributed by atoms with Gasteiger partial charge in [0, 0.05) is 0 Å². The minimum Gasteiger partial charge on any atom is -0.485 e. The third-order valence-corrected chi connectivity index (χ3v) is 3.86. The van der Waals surface area contributed by atoms with Crippen molar-refractivity contribution in [3.63, 3.8) is 0 Å². The summed E-state index contributed by atoms with van der Waals surface area (Å²) in [4.78, 5) is 47.7. The number of esters is 1. The number of hydrogen-bond donors (Lipinski definition) is 2. The Balaban J connectivity index is 1.42. The molecule has 0 radical (unpaired) electrons. The summed E-state index contributed by atoms with van der Waals surface area (Å²) in [5.41, 5.74) is 0. The number of furan rings is 1. The molecule has 152 valence electrons. The zero-order valence-electron chi connectivity index (χ0n) is 15.4. The van der Waals surface area contributed by atoms with Gasteiger partial charge in [-0.1, -0.05) is 12.1 Å². The summed E-state index contributed by atoms with van der Waals surface area (Å²) in [6.07, 6.45) is 0.301. The molecule has 1 aliphatic rings. The fourth-order valence-electron chi connectivity index (χ4n) is 2.40. The highest BCUT2D eigenvalue weighted by Crippen LogP contribution is 2.30. The SMILES string of the molecule is C[C@@H](NC(=O)c1ccco1)C(=O)OCC(=O)NC(=O)[C@@H]1COc2ccccc2O1. The summed E-state index contributed by atoms with van der Waals surface area (Å²) in [7, 11) is 0. The second-order valence-electron chi connectivity index (χ2n) is 6.06. The van der Waals surface area contributed by atoms with Crippen LogP contribution in [0.15, 0.2) is 47.1 Å². The molecule has 0 spiro atoms. The van der Waals surface area contributed by atoms with Gasteiger partial charge in [-0.05, 0) is 31.2 Å². The smallest absolute Gasteiger partial charge is 0.328 e. The molecular formula is C19H18N2O8. The molecule has 2 N–H and O–H groups in total. The molecule has 1 aromatic carbocycles. The standard InChI is InChI=1S/C19H18N2O8/c1-11(20-17(23)14-7-4-8-26-14)19(25)28-10-16(22)21-18(24)15-9-27-12-5-2-3-6-13(12)29-15/h2-8,11,15H,9-10H2,1H3,(H,20,23)(H,21,22,24)/t11-,15+/m1/s1. The Morgan fingerprint density at radius 1 is 1.14 bits per heavy atom. The highest BCUT2D eigenvalue weighted by Gasteiger charge is 2.29. The van der Waals surface area contributed by atoms with E-state index >= 15 is 0 Å². The summed E-state index contributed by atoms with van der Waals surface area (Å²) < 4.78 is 20.6. The largest absolute Gasteiger partial charge is 0.485 e. The van der Waals surface area contributed by atoms with Gasteiger partial charge in [-0.2, -0.15) is 0 Å². The van der Waals surface area contributed by atoms with Crippen molar-refractivity contribution in [3.8, 4) is 11.5 Å². The summed E-state index contributed by atoms with van der Waals surface area (Å²) in [5, 5.41) is 4.44. The normalized spacial score (nSPS) is 15.7. The third-order valence-electron chi connectivity index (χ3n) is 3.86. The molecule has 10 nitrogen and oxygen atoms in total. The van der Waals surface area contributed by atoms with E-state index in [0.29, 0.717) is 11.5 Å². The van der Waals surface area contributed by atoms with E-state index < -0.39 is 42.4 Å². The molecule has 0 bridgehead atoms. The topological polar surface area (TPSA) is 133 Å². The molecule has 2 atom stereocenters. The Morgan fingerprint density at radius 3 is 2.62 bits per heavy atom. The van der Waals surface area contributed by atoms with Crippen LogP contribution in [-0.4, -0.2) is 49.1 Å². The Kier molecular flexibility index (Phi) is 6.12. The predicted octanol–water partition coefficient (Wildman–Crippen LogP) is 0.424. The van der Waals surface area contributed by atoms with Crippen molar-refractivity contribution in [1.82, 2.24) is 10.6 Å². The van der Waals surface area contributed by atoms with Crippen molar-refractivity contribution < 1.29 is 37.8 Å². The van der Waals surface area contributed by atoms with Crippen molar-refractivity contribution >= 4 is 23.7 Å². The number of ether oxygens (including phenoxy) is 3. The fourth-order valence-corrected chi connectivity index (χ4v) is 2.40. The second-order valence-corrected chi connectivity index (χ2v) is 6.06. The Morgan fingerprint density at radius 2 is 1.90 bits per heavy atom. The molecular weight excluding hydrogens is 384 g/mol. The second kappa shape index (κ2) is 8.91. The van der Waals surface area contributed by atoms with Gasteiger partial charge in [0.15, 0.2) is 23.9 Å². The molecule has 0 saturated carbocycles. The number of carbonyl (C=O) groups is 4. The van der Waals surface area contributed by atoms with Crippen LogP contribution in [0.5, 0.6) is 11.5 Å². The number of para-hydroxylation sites is 2. The molecule has 3 rings (SSSR count). The molecule has 3 amide bonds. The van der Waals surface area contributed by atoms with Crippen LogP contribution < -0.4 is 20.1 Å². The van der Waals surface area contributed by atoms with E-state index in [-0.39, 0.29) is 12.4 Å². The number of amides is 3. The number of carbonyl (C=O) groups excluding carboxylic acids is 4. The monoisotopic (exact) mass is 402 g/mol. The van der Waals surface area contributed by atoms with Crippen molar-refractivity contribution in [3.05, 3.63) is 48.4 Å². The highest BCUT2D eigenvalue weighted by molar-refractivity contribution is 5.99. The lowest BCUT2D eigenvalue weighted by Crippen LogP contribution is -2.47. The van der Waals surface area contributed by atoms with Crippen LogP contribution in [-0.2, 0) is 19.1 Å². The number of fused-ring (bicyclic) bond motifs is 1. The maximum Gasteiger partial charge on any atom is 0.328 e. The molecule has 1 aliphatic heterocycles. The van der Waals surface area contributed by atoms with Crippen LogP contribution in [0.4, 0.5) is 0 Å². The van der Waals surface area contributed by atoms with E-state index in [1.807, 2.05) is 0 Å². The number of nitrogens with one attached hydrogen (secondary N) is 2. The first-order chi connectivity index (χ1) is 13.9. The average molecular weight is 402 g/mol. The molecule has 1 aromatic heterocycles. The number of benzene rings is 1. The van der Waals surface area contributed by atoms with Gasteiger partial charge in [-0.3, -0.25) is 19.7 Å². The average Bonchev–Trinajstić information content (AvgIpc) is 3.26. The maximum atomic E-state index is 12.1. The van der Waals surface area contributed by atoms with Gasteiger partial charge in [0.1, 0.15) is 12.6 Å². The summed E-state index contributed by atoms with van der Waals surface area (Å²) in [6.45, 7) is 0.623. The van der Waals surface area contributed by atoms with Gasteiger partial charge in [0.25, 0.3) is 17.7 Å². The summed E-state index contributed by atoms with van der Waals surface area (Å²) in [6, 6.07) is 8.75. The summed E-state index contributed by atoms with van der Waals surface area (Å²) >= 11 is 0. The van der Waals surface area contributed by atoms with E-state index in [4.69, 9.17) is 18.6 Å². The first kappa shape index (κ1) is 19.9. The molecule has 2 heterocycles. The number of rotatable bonds is 6. The molecule has 0 unspecified atom stereocenters. The van der Waals surface area contributed by atoms with Crippen molar-refractivity contribution in [1.29, 1.82) is 0 Å². The van der Waals surface area contributed by atoms with Crippen LogP contribution in [0.2, 0.25) is 0 Å².